The Morgan fingerprint density at radius 2 is 2.31 bits per heavy atom. The largest absolute Gasteiger partial charge is 0.472 e. The van der Waals surface area contributed by atoms with Crippen LogP contribution in [0.1, 0.15) is 17.0 Å². The molecule has 2 aromatic rings. The van der Waals surface area contributed by atoms with Crippen LogP contribution < -0.4 is 5.32 Å². The maximum atomic E-state index is 5.06. The van der Waals surface area contributed by atoms with Crippen molar-refractivity contribution in [1.29, 1.82) is 0 Å². The number of nitrogens with one attached hydrogen (secondary N) is 1. The van der Waals surface area contributed by atoms with Crippen LogP contribution in [0.5, 0.6) is 0 Å². The number of hydrogen-bond acceptors (Lipinski definition) is 4. The van der Waals surface area contributed by atoms with Crippen molar-refractivity contribution in [3.8, 4) is 11.4 Å². The number of nitrogens with zero attached hydrogens (tertiary/aromatic N) is 2. The highest BCUT2D eigenvalue weighted by molar-refractivity contribution is 5.53. The van der Waals surface area contributed by atoms with Crippen LogP contribution in [0.15, 0.2) is 23.0 Å². The third-order valence-corrected chi connectivity index (χ3v) is 2.92. The topological polar surface area (TPSA) is 51.0 Å². The molecule has 0 radical (unpaired) electrons. The fraction of sp³-hybridized carbons (Fsp3) is 0.333. The zero-order valence-electron chi connectivity index (χ0n) is 9.16. The second-order valence-electron chi connectivity index (χ2n) is 4.00. The van der Waals surface area contributed by atoms with E-state index in [9.17, 15) is 0 Å². The lowest BCUT2D eigenvalue weighted by atomic mass is 10.1. The molecular formula is C12H13N3O. The normalized spacial score (nSPS) is 14.8. The molecule has 16 heavy (non-hydrogen) atoms. The third-order valence-electron chi connectivity index (χ3n) is 2.92. The fourth-order valence-electron chi connectivity index (χ4n) is 2.03. The van der Waals surface area contributed by atoms with Gasteiger partial charge in [0.05, 0.1) is 17.5 Å². The smallest absolute Gasteiger partial charge is 0.162 e. The molecule has 1 N–H and O–H groups in total. The minimum atomic E-state index is 0.770. The van der Waals surface area contributed by atoms with Crippen LogP contribution in [-0.2, 0) is 13.0 Å². The number of aryl methyl sites for hydroxylation is 1. The van der Waals surface area contributed by atoms with Crippen LogP contribution in [0.3, 0.4) is 0 Å². The van der Waals surface area contributed by atoms with Gasteiger partial charge in [0.15, 0.2) is 5.82 Å². The molecule has 0 aromatic carbocycles. The van der Waals surface area contributed by atoms with Crippen LogP contribution in [0, 0.1) is 6.92 Å². The Morgan fingerprint density at radius 3 is 3.12 bits per heavy atom. The van der Waals surface area contributed by atoms with E-state index in [0.29, 0.717) is 0 Å². The van der Waals surface area contributed by atoms with Gasteiger partial charge in [0.25, 0.3) is 0 Å². The van der Waals surface area contributed by atoms with Gasteiger partial charge in [0.2, 0.25) is 0 Å². The zero-order chi connectivity index (χ0) is 11.0. The predicted octanol–water partition coefficient (Wildman–Crippen LogP) is 1.69. The predicted molar refractivity (Wildman–Crippen MR) is 59.9 cm³/mol. The maximum Gasteiger partial charge on any atom is 0.162 e. The summed E-state index contributed by atoms with van der Waals surface area (Å²) in [6, 6.07) is 1.89. The van der Waals surface area contributed by atoms with Crippen molar-refractivity contribution in [2.75, 3.05) is 6.54 Å². The van der Waals surface area contributed by atoms with Crippen LogP contribution in [-0.4, -0.2) is 16.5 Å². The molecule has 0 spiro atoms. The summed E-state index contributed by atoms with van der Waals surface area (Å²) in [5.74, 6) is 0.770. The lowest BCUT2D eigenvalue weighted by Gasteiger charge is -2.18. The summed E-state index contributed by atoms with van der Waals surface area (Å²) in [4.78, 5) is 9.12. The van der Waals surface area contributed by atoms with Crippen molar-refractivity contribution in [1.82, 2.24) is 15.3 Å². The van der Waals surface area contributed by atoms with Crippen molar-refractivity contribution in [3.63, 3.8) is 0 Å². The van der Waals surface area contributed by atoms with E-state index in [2.05, 4.69) is 15.3 Å². The standard InChI is InChI=1S/C12H13N3O/c1-8-10-6-13-4-2-11(10)15-12(14-8)9-3-5-16-7-9/h3,5,7,13H,2,4,6H2,1H3. The van der Waals surface area contributed by atoms with Gasteiger partial charge in [-0.15, -0.1) is 0 Å². The molecule has 0 saturated carbocycles. The summed E-state index contributed by atoms with van der Waals surface area (Å²) >= 11 is 0. The fourth-order valence-corrected chi connectivity index (χ4v) is 2.03. The molecule has 0 fully saturated rings. The van der Waals surface area contributed by atoms with Gasteiger partial charge in [0.1, 0.15) is 6.26 Å². The first-order valence-electron chi connectivity index (χ1n) is 5.44. The average Bonchev–Trinajstić information content (AvgIpc) is 2.82. The van der Waals surface area contributed by atoms with Gasteiger partial charge < -0.3 is 9.73 Å². The first kappa shape index (κ1) is 9.54. The van der Waals surface area contributed by atoms with E-state index in [1.807, 2.05) is 13.0 Å². The SMILES string of the molecule is Cc1nc(-c2ccoc2)nc2c1CNCC2. The van der Waals surface area contributed by atoms with E-state index < -0.39 is 0 Å². The molecule has 4 nitrogen and oxygen atoms in total. The van der Waals surface area contributed by atoms with Gasteiger partial charge in [0, 0.05) is 30.8 Å². The van der Waals surface area contributed by atoms with Gasteiger partial charge in [-0.25, -0.2) is 9.97 Å². The van der Waals surface area contributed by atoms with Crippen LogP contribution in [0.2, 0.25) is 0 Å². The van der Waals surface area contributed by atoms with E-state index in [1.165, 1.54) is 11.3 Å². The average molecular weight is 215 g/mol. The van der Waals surface area contributed by atoms with E-state index in [4.69, 9.17) is 4.42 Å². The van der Waals surface area contributed by atoms with Gasteiger partial charge in [-0.1, -0.05) is 0 Å². The van der Waals surface area contributed by atoms with Crippen LogP contribution in [0.25, 0.3) is 11.4 Å². The number of rotatable bonds is 1. The number of hydrogen-bond donors (Lipinski definition) is 1. The molecule has 3 rings (SSSR count). The van der Waals surface area contributed by atoms with Crippen molar-refractivity contribution in [2.45, 2.75) is 19.9 Å². The van der Waals surface area contributed by atoms with Crippen molar-refractivity contribution in [2.24, 2.45) is 0 Å². The maximum absolute atomic E-state index is 5.06. The summed E-state index contributed by atoms with van der Waals surface area (Å²) in [5, 5.41) is 3.34. The van der Waals surface area contributed by atoms with Crippen molar-refractivity contribution in [3.05, 3.63) is 35.5 Å². The Morgan fingerprint density at radius 1 is 1.38 bits per heavy atom. The van der Waals surface area contributed by atoms with E-state index in [-0.39, 0.29) is 0 Å². The van der Waals surface area contributed by atoms with Crippen molar-refractivity contribution >= 4 is 0 Å². The summed E-state index contributed by atoms with van der Waals surface area (Å²) in [5.41, 5.74) is 4.43. The Bertz CT molecular complexity index is 505. The van der Waals surface area contributed by atoms with Crippen molar-refractivity contribution < 1.29 is 4.42 Å². The summed E-state index contributed by atoms with van der Waals surface area (Å²) in [6.07, 6.45) is 4.31. The van der Waals surface area contributed by atoms with Crippen LogP contribution in [0.4, 0.5) is 0 Å². The van der Waals surface area contributed by atoms with E-state index in [0.717, 1.165) is 36.6 Å². The molecule has 0 amide bonds. The quantitative estimate of drug-likeness (QED) is 0.786. The molecule has 0 saturated heterocycles. The number of furan rings is 1. The molecule has 4 heteroatoms. The summed E-state index contributed by atoms with van der Waals surface area (Å²) in [7, 11) is 0. The Labute approximate surface area is 93.7 Å². The molecule has 82 valence electrons. The van der Waals surface area contributed by atoms with E-state index >= 15 is 0 Å². The molecule has 2 aromatic heterocycles. The molecule has 0 atom stereocenters. The third kappa shape index (κ3) is 1.51. The zero-order valence-corrected chi connectivity index (χ0v) is 9.16. The molecular weight excluding hydrogens is 202 g/mol. The molecule has 1 aliphatic heterocycles. The monoisotopic (exact) mass is 215 g/mol. The Balaban J connectivity index is 2.12. The van der Waals surface area contributed by atoms with E-state index in [1.54, 1.807) is 12.5 Å². The molecule has 3 heterocycles. The highest BCUT2D eigenvalue weighted by Gasteiger charge is 2.15. The first-order chi connectivity index (χ1) is 7.84. The second kappa shape index (κ2) is 3.72. The first-order valence-corrected chi connectivity index (χ1v) is 5.44. The number of fused-ring (bicyclic) bond motifs is 1. The molecule has 0 aliphatic carbocycles. The summed E-state index contributed by atoms with van der Waals surface area (Å²) < 4.78 is 5.06. The lowest BCUT2D eigenvalue weighted by Crippen LogP contribution is -2.26. The second-order valence-corrected chi connectivity index (χ2v) is 4.00. The van der Waals surface area contributed by atoms with Gasteiger partial charge in [-0.05, 0) is 13.0 Å². The highest BCUT2D eigenvalue weighted by Crippen LogP contribution is 2.21. The number of aromatic nitrogens is 2. The van der Waals surface area contributed by atoms with Gasteiger partial charge >= 0.3 is 0 Å². The Kier molecular flexibility index (Phi) is 2.22. The van der Waals surface area contributed by atoms with Gasteiger partial charge in [-0.3, -0.25) is 0 Å². The van der Waals surface area contributed by atoms with Crippen LogP contribution >= 0.6 is 0 Å². The summed E-state index contributed by atoms with van der Waals surface area (Å²) in [6.45, 7) is 3.91. The minimum absolute atomic E-state index is 0.770. The molecule has 1 aliphatic rings. The molecule has 0 bridgehead atoms. The van der Waals surface area contributed by atoms with Gasteiger partial charge in [-0.2, -0.15) is 0 Å². The lowest BCUT2D eigenvalue weighted by molar-refractivity contribution is 0.567. The minimum Gasteiger partial charge on any atom is -0.472 e. The highest BCUT2D eigenvalue weighted by atomic mass is 16.3. The molecule has 0 unspecified atom stereocenters. The Hall–Kier alpha value is -1.68.